The summed E-state index contributed by atoms with van der Waals surface area (Å²) in [6.07, 6.45) is 0.205. The largest absolute Gasteiger partial charge is 0.496 e. The van der Waals surface area contributed by atoms with Gasteiger partial charge < -0.3 is 9.31 Å². The van der Waals surface area contributed by atoms with E-state index in [1.165, 1.54) is 0 Å². The van der Waals surface area contributed by atoms with E-state index in [1.54, 1.807) is 6.07 Å². The van der Waals surface area contributed by atoms with Gasteiger partial charge in [-0.3, -0.25) is 0 Å². The Labute approximate surface area is 120 Å². The lowest BCUT2D eigenvalue weighted by Gasteiger charge is -2.32. The van der Waals surface area contributed by atoms with Crippen LogP contribution in [0.15, 0.2) is 18.2 Å². The maximum absolute atomic E-state index is 9.38. The molecule has 1 aromatic carbocycles. The molecule has 4 nitrogen and oxygen atoms in total. The normalized spacial score (nSPS) is 19.4. The summed E-state index contributed by atoms with van der Waals surface area (Å²) in [6.45, 7) is 7.88. The van der Waals surface area contributed by atoms with Gasteiger partial charge in [-0.25, -0.2) is 0 Å². The van der Waals surface area contributed by atoms with Gasteiger partial charge in [0, 0.05) is 5.46 Å². The molecular weight excluding hydrogens is 251 g/mol. The van der Waals surface area contributed by atoms with Crippen molar-refractivity contribution in [3.63, 3.8) is 0 Å². The van der Waals surface area contributed by atoms with E-state index in [0.29, 0.717) is 16.6 Å². The third-order valence-electron chi connectivity index (χ3n) is 4.07. The highest BCUT2D eigenvalue weighted by molar-refractivity contribution is 6.62. The van der Waals surface area contributed by atoms with Gasteiger partial charge in [0.25, 0.3) is 0 Å². The lowest BCUT2D eigenvalue weighted by molar-refractivity contribution is 0.00578. The standard InChI is InChI=1S/C15H17BN2O2/c1-14(2)15(3,4)20-16(19-14)13-7-5-6-11(8-9-17)12(13)10-18/h5-7H,8H2,1-4H3. The molecule has 0 bridgehead atoms. The molecular formula is C15H17BN2O2. The SMILES string of the molecule is CC1(C)OB(c2cccc(CC#N)c2C#N)OC1(C)C. The molecule has 0 atom stereocenters. The zero-order valence-electron chi connectivity index (χ0n) is 12.2. The molecule has 20 heavy (non-hydrogen) atoms. The van der Waals surface area contributed by atoms with Crippen LogP contribution in [0.4, 0.5) is 0 Å². The Morgan fingerprint density at radius 3 is 2.20 bits per heavy atom. The number of nitriles is 2. The molecule has 0 aromatic heterocycles. The van der Waals surface area contributed by atoms with E-state index < -0.39 is 18.3 Å². The minimum Gasteiger partial charge on any atom is -0.399 e. The topological polar surface area (TPSA) is 66.0 Å². The highest BCUT2D eigenvalue weighted by Crippen LogP contribution is 2.36. The average molecular weight is 268 g/mol. The molecule has 1 saturated heterocycles. The van der Waals surface area contributed by atoms with Gasteiger partial charge in [-0.15, -0.1) is 0 Å². The van der Waals surface area contributed by atoms with E-state index >= 15 is 0 Å². The van der Waals surface area contributed by atoms with Gasteiger partial charge in [-0.2, -0.15) is 10.5 Å². The molecule has 0 radical (unpaired) electrons. The van der Waals surface area contributed by atoms with Gasteiger partial charge in [-0.05, 0) is 33.3 Å². The molecule has 0 amide bonds. The van der Waals surface area contributed by atoms with E-state index in [-0.39, 0.29) is 6.42 Å². The Balaban J connectivity index is 2.44. The zero-order chi connectivity index (χ0) is 15.0. The van der Waals surface area contributed by atoms with Crippen molar-refractivity contribution in [2.24, 2.45) is 0 Å². The van der Waals surface area contributed by atoms with Gasteiger partial charge in [0.2, 0.25) is 0 Å². The monoisotopic (exact) mass is 268 g/mol. The molecule has 0 unspecified atom stereocenters. The first-order chi connectivity index (χ1) is 9.32. The van der Waals surface area contributed by atoms with Crippen molar-refractivity contribution in [3.8, 4) is 12.1 Å². The van der Waals surface area contributed by atoms with Crippen LogP contribution in [0.5, 0.6) is 0 Å². The fourth-order valence-corrected chi connectivity index (χ4v) is 2.16. The number of hydrogen-bond acceptors (Lipinski definition) is 4. The second kappa shape index (κ2) is 4.94. The molecule has 1 aliphatic rings. The van der Waals surface area contributed by atoms with Crippen LogP contribution in [0, 0.1) is 22.7 Å². The Kier molecular flexibility index (Phi) is 3.60. The number of hydrogen-bond donors (Lipinski definition) is 0. The van der Waals surface area contributed by atoms with Crippen LogP contribution in [0.2, 0.25) is 0 Å². The molecule has 1 fully saturated rings. The molecule has 102 valence electrons. The number of benzene rings is 1. The molecule has 0 saturated carbocycles. The summed E-state index contributed by atoms with van der Waals surface area (Å²) < 4.78 is 11.9. The Hall–Kier alpha value is -1.82. The third kappa shape index (κ3) is 2.31. The van der Waals surface area contributed by atoms with Crippen molar-refractivity contribution in [2.45, 2.75) is 45.3 Å². The van der Waals surface area contributed by atoms with Crippen LogP contribution in [0.3, 0.4) is 0 Å². The number of nitrogens with zero attached hydrogens (tertiary/aromatic N) is 2. The molecule has 1 aromatic rings. The predicted molar refractivity (Wildman–Crippen MR) is 76.2 cm³/mol. The van der Waals surface area contributed by atoms with Crippen LogP contribution in [0.1, 0.15) is 38.8 Å². The Morgan fingerprint density at radius 1 is 1.10 bits per heavy atom. The molecule has 0 N–H and O–H groups in total. The second-order valence-corrected chi connectivity index (χ2v) is 5.92. The highest BCUT2D eigenvalue weighted by atomic mass is 16.7. The van der Waals surface area contributed by atoms with Crippen LogP contribution in [-0.4, -0.2) is 18.3 Å². The van der Waals surface area contributed by atoms with E-state index in [2.05, 4.69) is 12.1 Å². The lowest BCUT2D eigenvalue weighted by Crippen LogP contribution is -2.41. The minimum absolute atomic E-state index is 0.205. The van der Waals surface area contributed by atoms with Crippen molar-refractivity contribution in [2.75, 3.05) is 0 Å². The summed E-state index contributed by atoms with van der Waals surface area (Å²) in [5.41, 5.74) is 0.985. The molecule has 1 heterocycles. The summed E-state index contributed by atoms with van der Waals surface area (Å²) in [5, 5.41) is 18.2. The zero-order valence-corrected chi connectivity index (χ0v) is 12.2. The third-order valence-corrected chi connectivity index (χ3v) is 4.07. The molecule has 5 heteroatoms. The first-order valence-corrected chi connectivity index (χ1v) is 6.57. The van der Waals surface area contributed by atoms with E-state index in [0.717, 1.165) is 0 Å². The second-order valence-electron chi connectivity index (χ2n) is 5.92. The molecule has 1 aliphatic heterocycles. The van der Waals surface area contributed by atoms with Crippen molar-refractivity contribution >= 4 is 12.6 Å². The first kappa shape index (κ1) is 14.6. The molecule has 2 rings (SSSR count). The van der Waals surface area contributed by atoms with E-state index in [4.69, 9.17) is 14.6 Å². The smallest absolute Gasteiger partial charge is 0.399 e. The van der Waals surface area contributed by atoms with E-state index in [9.17, 15) is 5.26 Å². The fourth-order valence-electron chi connectivity index (χ4n) is 2.16. The lowest BCUT2D eigenvalue weighted by atomic mass is 9.74. The summed E-state index contributed by atoms with van der Waals surface area (Å²) in [7, 11) is -0.576. The molecule has 0 spiro atoms. The van der Waals surface area contributed by atoms with Crippen LogP contribution >= 0.6 is 0 Å². The summed E-state index contributed by atoms with van der Waals surface area (Å²) in [4.78, 5) is 0. The minimum atomic E-state index is -0.576. The average Bonchev–Trinajstić information content (AvgIpc) is 2.58. The van der Waals surface area contributed by atoms with Gasteiger partial charge in [0.15, 0.2) is 0 Å². The van der Waals surface area contributed by atoms with Gasteiger partial charge in [0.1, 0.15) is 0 Å². The van der Waals surface area contributed by atoms with Crippen molar-refractivity contribution < 1.29 is 9.31 Å². The quantitative estimate of drug-likeness (QED) is 0.768. The maximum atomic E-state index is 9.38. The van der Waals surface area contributed by atoms with Crippen molar-refractivity contribution in [1.29, 1.82) is 10.5 Å². The summed E-state index contributed by atoms with van der Waals surface area (Å²) >= 11 is 0. The first-order valence-electron chi connectivity index (χ1n) is 6.57. The summed E-state index contributed by atoms with van der Waals surface area (Å²) in [6, 6.07) is 9.68. The van der Waals surface area contributed by atoms with E-state index in [1.807, 2.05) is 39.8 Å². The predicted octanol–water partition coefficient (Wildman–Crippen LogP) is 1.92. The van der Waals surface area contributed by atoms with Gasteiger partial charge in [0.05, 0.1) is 35.3 Å². The van der Waals surface area contributed by atoms with Gasteiger partial charge in [-0.1, -0.05) is 18.2 Å². The Morgan fingerprint density at radius 2 is 1.70 bits per heavy atom. The van der Waals surface area contributed by atoms with Crippen LogP contribution < -0.4 is 5.46 Å². The maximum Gasteiger partial charge on any atom is 0.496 e. The van der Waals surface area contributed by atoms with Crippen LogP contribution in [0.25, 0.3) is 0 Å². The summed E-state index contributed by atoms with van der Waals surface area (Å²) in [5.74, 6) is 0. The van der Waals surface area contributed by atoms with Crippen molar-refractivity contribution in [1.82, 2.24) is 0 Å². The van der Waals surface area contributed by atoms with Gasteiger partial charge >= 0.3 is 7.12 Å². The fraction of sp³-hybridized carbons (Fsp3) is 0.467. The number of rotatable bonds is 2. The Bertz CT molecular complexity index is 595. The van der Waals surface area contributed by atoms with Crippen LogP contribution in [-0.2, 0) is 15.7 Å². The van der Waals surface area contributed by atoms with Crippen molar-refractivity contribution in [3.05, 3.63) is 29.3 Å². The molecule has 0 aliphatic carbocycles. The highest BCUT2D eigenvalue weighted by Gasteiger charge is 2.52.